The Kier molecular flexibility index (Phi) is 5.17. The fourth-order valence-electron chi connectivity index (χ4n) is 1.54. The van der Waals surface area contributed by atoms with Crippen molar-refractivity contribution in [2.24, 2.45) is 0 Å². The van der Waals surface area contributed by atoms with Crippen LogP contribution in [0.15, 0.2) is 31.0 Å². The van der Waals surface area contributed by atoms with Gasteiger partial charge in [0.15, 0.2) is 0 Å². The van der Waals surface area contributed by atoms with Gasteiger partial charge in [0, 0.05) is 27.2 Å². The first-order chi connectivity index (χ1) is 8.54. The number of carboxylic acids is 1. The second kappa shape index (κ2) is 6.64. The first-order valence-corrected chi connectivity index (χ1v) is 5.75. The summed E-state index contributed by atoms with van der Waals surface area (Å²) < 4.78 is 0. The van der Waals surface area contributed by atoms with Crippen LogP contribution in [0.2, 0.25) is 0 Å². The minimum absolute atomic E-state index is 0.100. The number of anilines is 2. The summed E-state index contributed by atoms with van der Waals surface area (Å²) in [6, 6.07) is 3.85. The highest BCUT2D eigenvalue weighted by Gasteiger charge is 2.08. The van der Waals surface area contributed by atoms with E-state index in [1.54, 1.807) is 12.3 Å². The molecule has 1 rings (SSSR count). The second-order valence-electron chi connectivity index (χ2n) is 4.15. The van der Waals surface area contributed by atoms with Crippen LogP contribution < -0.4 is 9.80 Å². The van der Waals surface area contributed by atoms with Crippen molar-refractivity contribution in [1.29, 1.82) is 0 Å². The van der Waals surface area contributed by atoms with Crippen LogP contribution in [0.4, 0.5) is 11.5 Å². The van der Waals surface area contributed by atoms with E-state index >= 15 is 0 Å². The third kappa shape index (κ3) is 4.08. The lowest BCUT2D eigenvalue weighted by molar-refractivity contribution is -0.136. The molecule has 98 valence electrons. The number of carboxylic acid groups (broad SMARTS) is 1. The molecule has 0 aromatic carbocycles. The zero-order valence-corrected chi connectivity index (χ0v) is 10.8. The zero-order chi connectivity index (χ0) is 13.5. The zero-order valence-electron chi connectivity index (χ0n) is 10.8. The summed E-state index contributed by atoms with van der Waals surface area (Å²) in [5.41, 5.74) is 0.904. The van der Waals surface area contributed by atoms with Crippen molar-refractivity contribution in [2.45, 2.75) is 6.42 Å². The smallest absolute Gasteiger partial charge is 0.305 e. The van der Waals surface area contributed by atoms with Crippen LogP contribution >= 0.6 is 0 Å². The van der Waals surface area contributed by atoms with Crippen LogP contribution in [0.1, 0.15) is 6.42 Å². The molecule has 0 bridgehead atoms. The molecule has 1 N–H and O–H groups in total. The predicted octanol–water partition coefficient (Wildman–Crippen LogP) is 1.61. The van der Waals surface area contributed by atoms with Gasteiger partial charge < -0.3 is 14.9 Å². The number of aliphatic carboxylic acids is 1. The fourth-order valence-corrected chi connectivity index (χ4v) is 1.54. The third-order valence-electron chi connectivity index (χ3n) is 2.50. The van der Waals surface area contributed by atoms with Crippen LogP contribution in [0.3, 0.4) is 0 Å². The Morgan fingerprint density at radius 3 is 2.67 bits per heavy atom. The largest absolute Gasteiger partial charge is 0.481 e. The van der Waals surface area contributed by atoms with Crippen LogP contribution in [-0.4, -0.2) is 43.2 Å². The van der Waals surface area contributed by atoms with Crippen LogP contribution in [0, 0.1) is 0 Å². The topological polar surface area (TPSA) is 56.7 Å². The maximum Gasteiger partial charge on any atom is 0.305 e. The number of pyridine rings is 1. The molecule has 0 amide bonds. The van der Waals surface area contributed by atoms with Crippen LogP contribution in [-0.2, 0) is 4.79 Å². The van der Waals surface area contributed by atoms with E-state index in [1.807, 2.05) is 36.0 Å². The maximum atomic E-state index is 10.6. The Morgan fingerprint density at radius 1 is 1.50 bits per heavy atom. The average Bonchev–Trinajstić information content (AvgIpc) is 2.34. The van der Waals surface area contributed by atoms with Gasteiger partial charge in [-0.2, -0.15) is 0 Å². The van der Waals surface area contributed by atoms with E-state index in [0.29, 0.717) is 13.1 Å². The van der Waals surface area contributed by atoms with Crippen molar-refractivity contribution >= 4 is 17.5 Å². The van der Waals surface area contributed by atoms with Gasteiger partial charge in [-0.1, -0.05) is 6.08 Å². The van der Waals surface area contributed by atoms with E-state index in [2.05, 4.69) is 11.6 Å². The number of hydrogen-bond acceptors (Lipinski definition) is 4. The van der Waals surface area contributed by atoms with E-state index in [-0.39, 0.29) is 6.42 Å². The van der Waals surface area contributed by atoms with Gasteiger partial charge in [0.2, 0.25) is 0 Å². The molecule has 0 aliphatic rings. The Labute approximate surface area is 107 Å². The Balaban J connectivity index is 2.78. The van der Waals surface area contributed by atoms with E-state index in [4.69, 9.17) is 5.11 Å². The summed E-state index contributed by atoms with van der Waals surface area (Å²) in [6.45, 7) is 4.74. The standard InChI is InChI=1S/C13H19N3O2/c1-4-8-16(9-7-13(17)18)11-5-6-12(14-10-11)15(2)3/h4-6,10H,1,7-9H2,2-3H3,(H,17,18). The molecular weight excluding hydrogens is 230 g/mol. The molecule has 0 saturated heterocycles. The molecule has 0 fully saturated rings. The quantitative estimate of drug-likeness (QED) is 0.744. The molecule has 18 heavy (non-hydrogen) atoms. The normalized spacial score (nSPS) is 9.89. The number of aromatic nitrogens is 1. The molecule has 1 heterocycles. The van der Waals surface area contributed by atoms with E-state index < -0.39 is 5.97 Å². The highest BCUT2D eigenvalue weighted by atomic mass is 16.4. The summed E-state index contributed by atoms with van der Waals surface area (Å²) in [5, 5.41) is 8.72. The Morgan fingerprint density at radius 2 is 2.22 bits per heavy atom. The molecule has 0 atom stereocenters. The lowest BCUT2D eigenvalue weighted by Gasteiger charge is -2.22. The molecular formula is C13H19N3O2. The summed E-state index contributed by atoms with van der Waals surface area (Å²) in [4.78, 5) is 18.8. The second-order valence-corrected chi connectivity index (χ2v) is 4.15. The SMILES string of the molecule is C=CCN(CCC(=O)O)c1ccc(N(C)C)nc1. The van der Waals surface area contributed by atoms with Gasteiger partial charge in [-0.3, -0.25) is 4.79 Å². The highest BCUT2D eigenvalue weighted by molar-refractivity contribution is 5.67. The average molecular weight is 249 g/mol. The lowest BCUT2D eigenvalue weighted by Crippen LogP contribution is -2.26. The van der Waals surface area contributed by atoms with Crippen molar-refractivity contribution in [3.05, 3.63) is 31.0 Å². The lowest BCUT2D eigenvalue weighted by atomic mass is 10.3. The van der Waals surface area contributed by atoms with Crippen molar-refractivity contribution in [1.82, 2.24) is 4.98 Å². The van der Waals surface area contributed by atoms with E-state index in [9.17, 15) is 4.79 Å². The van der Waals surface area contributed by atoms with Gasteiger partial charge in [0.05, 0.1) is 18.3 Å². The minimum atomic E-state index is -0.804. The fraction of sp³-hybridized carbons (Fsp3) is 0.385. The van der Waals surface area contributed by atoms with Gasteiger partial charge in [-0.05, 0) is 12.1 Å². The summed E-state index contributed by atoms with van der Waals surface area (Å²) in [5.74, 6) is 0.0671. The number of hydrogen-bond donors (Lipinski definition) is 1. The van der Waals surface area contributed by atoms with Gasteiger partial charge in [-0.25, -0.2) is 4.98 Å². The molecule has 0 unspecified atom stereocenters. The van der Waals surface area contributed by atoms with E-state index in [1.165, 1.54) is 0 Å². The Bertz CT molecular complexity index is 401. The van der Waals surface area contributed by atoms with Crippen molar-refractivity contribution in [3.8, 4) is 0 Å². The first-order valence-electron chi connectivity index (χ1n) is 5.75. The summed E-state index contributed by atoms with van der Waals surface area (Å²) in [7, 11) is 3.85. The van der Waals surface area contributed by atoms with Crippen molar-refractivity contribution in [2.75, 3.05) is 37.0 Å². The number of nitrogens with zero attached hydrogens (tertiary/aromatic N) is 3. The van der Waals surface area contributed by atoms with Gasteiger partial charge in [0.25, 0.3) is 0 Å². The van der Waals surface area contributed by atoms with Gasteiger partial charge in [0.1, 0.15) is 5.82 Å². The third-order valence-corrected chi connectivity index (χ3v) is 2.50. The molecule has 5 nitrogen and oxygen atoms in total. The molecule has 0 spiro atoms. The molecule has 5 heteroatoms. The van der Waals surface area contributed by atoms with Crippen LogP contribution in [0.25, 0.3) is 0 Å². The number of rotatable bonds is 7. The monoisotopic (exact) mass is 249 g/mol. The van der Waals surface area contributed by atoms with Crippen molar-refractivity contribution < 1.29 is 9.90 Å². The Hall–Kier alpha value is -2.04. The minimum Gasteiger partial charge on any atom is -0.481 e. The molecule has 1 aromatic heterocycles. The van der Waals surface area contributed by atoms with Gasteiger partial charge in [-0.15, -0.1) is 6.58 Å². The van der Waals surface area contributed by atoms with Gasteiger partial charge >= 0.3 is 5.97 Å². The highest BCUT2D eigenvalue weighted by Crippen LogP contribution is 2.16. The van der Waals surface area contributed by atoms with Crippen LogP contribution in [0.5, 0.6) is 0 Å². The first kappa shape index (κ1) is 14.0. The maximum absolute atomic E-state index is 10.6. The summed E-state index contributed by atoms with van der Waals surface area (Å²) >= 11 is 0. The summed E-state index contributed by atoms with van der Waals surface area (Å²) in [6.07, 6.45) is 3.60. The van der Waals surface area contributed by atoms with Crippen molar-refractivity contribution in [3.63, 3.8) is 0 Å². The number of carbonyl (C=O) groups is 1. The predicted molar refractivity (Wildman–Crippen MR) is 73.2 cm³/mol. The molecule has 1 aromatic rings. The molecule has 0 aliphatic heterocycles. The molecule has 0 saturated carbocycles. The molecule has 0 aliphatic carbocycles. The van der Waals surface area contributed by atoms with E-state index in [0.717, 1.165) is 11.5 Å². The molecule has 0 radical (unpaired) electrons.